The van der Waals surface area contributed by atoms with Crippen LogP contribution in [-0.2, 0) is 6.42 Å². The Balaban J connectivity index is 2.71. The molecule has 4 N–H and O–H groups in total. The maximum atomic E-state index is 9.53. The molecule has 0 aliphatic heterocycles. The van der Waals surface area contributed by atoms with Crippen molar-refractivity contribution in [1.29, 1.82) is 5.41 Å². The van der Waals surface area contributed by atoms with Crippen LogP contribution in [-0.4, -0.2) is 17.1 Å². The van der Waals surface area contributed by atoms with Crippen molar-refractivity contribution in [1.82, 2.24) is 0 Å². The molecule has 0 bridgehead atoms. The van der Waals surface area contributed by atoms with Gasteiger partial charge in [-0.3, -0.25) is 5.41 Å². The third-order valence-electron chi connectivity index (χ3n) is 2.75. The molecule has 1 unspecified atom stereocenters. The number of hydrogen-bond donors (Lipinski definition) is 3. The first-order chi connectivity index (χ1) is 8.11. The molecule has 2 aromatic carbocycles. The predicted octanol–water partition coefficient (Wildman–Crippen LogP) is 2.25. The number of hydrogen-bond acceptors (Lipinski definition) is 2. The fraction of sp³-hybridized carbons (Fsp3) is 0.154. The summed E-state index contributed by atoms with van der Waals surface area (Å²) in [5.41, 5.74) is 7.37. The van der Waals surface area contributed by atoms with Crippen LogP contribution in [0.4, 0.5) is 0 Å². The number of fused-ring (bicyclic) bond motifs is 1. The lowest BCUT2D eigenvalue weighted by molar-refractivity contribution is 0.476. The zero-order chi connectivity index (χ0) is 12.4. The average Bonchev–Trinajstić information content (AvgIpc) is 2.29. The summed E-state index contributed by atoms with van der Waals surface area (Å²) in [6.45, 7) is 0. The van der Waals surface area contributed by atoms with Crippen LogP contribution in [0.15, 0.2) is 30.3 Å². The number of phenols is 1. The van der Waals surface area contributed by atoms with Gasteiger partial charge in [-0.1, -0.05) is 6.07 Å². The van der Waals surface area contributed by atoms with Crippen molar-refractivity contribution in [2.45, 2.75) is 6.42 Å². The quantitative estimate of drug-likeness (QED) is 0.441. The van der Waals surface area contributed by atoms with Crippen molar-refractivity contribution in [2.75, 3.05) is 6.16 Å². The fourth-order valence-electron chi connectivity index (χ4n) is 1.94. The van der Waals surface area contributed by atoms with E-state index in [1.54, 1.807) is 12.1 Å². The van der Waals surface area contributed by atoms with E-state index < -0.39 is 0 Å². The van der Waals surface area contributed by atoms with Gasteiger partial charge in [0.05, 0.1) is 0 Å². The molecule has 2 aromatic rings. The summed E-state index contributed by atoms with van der Waals surface area (Å²) in [6, 6.07) is 9.06. The summed E-state index contributed by atoms with van der Waals surface area (Å²) in [7, 11) is 2.68. The summed E-state index contributed by atoms with van der Waals surface area (Å²) < 4.78 is 0. The van der Waals surface area contributed by atoms with Crippen LogP contribution in [0.3, 0.4) is 0 Å². The van der Waals surface area contributed by atoms with E-state index in [1.807, 2.05) is 18.2 Å². The van der Waals surface area contributed by atoms with Gasteiger partial charge in [-0.05, 0) is 53.2 Å². The Hall–Kier alpha value is -1.60. The Kier molecular flexibility index (Phi) is 3.30. The third kappa shape index (κ3) is 2.40. The first-order valence-electron chi connectivity index (χ1n) is 5.42. The highest BCUT2D eigenvalue weighted by atomic mass is 31.0. The van der Waals surface area contributed by atoms with Gasteiger partial charge >= 0.3 is 0 Å². The lowest BCUT2D eigenvalue weighted by Gasteiger charge is -2.09. The zero-order valence-electron chi connectivity index (χ0n) is 9.40. The van der Waals surface area contributed by atoms with Gasteiger partial charge in [-0.2, -0.15) is 0 Å². The highest BCUT2D eigenvalue weighted by Crippen LogP contribution is 2.26. The van der Waals surface area contributed by atoms with Crippen molar-refractivity contribution in [2.24, 2.45) is 5.73 Å². The van der Waals surface area contributed by atoms with E-state index in [1.165, 1.54) is 0 Å². The van der Waals surface area contributed by atoms with E-state index >= 15 is 0 Å². The minimum Gasteiger partial charge on any atom is -0.508 e. The van der Waals surface area contributed by atoms with Crippen LogP contribution in [0.25, 0.3) is 10.8 Å². The first-order valence-corrected chi connectivity index (χ1v) is 6.23. The molecule has 88 valence electrons. The zero-order valence-corrected chi connectivity index (χ0v) is 10.6. The molecule has 3 nitrogen and oxygen atoms in total. The second-order valence-corrected chi connectivity index (χ2v) is 4.57. The van der Waals surface area contributed by atoms with Gasteiger partial charge in [0.2, 0.25) is 0 Å². The number of nitrogens with two attached hydrogens (primary N) is 1. The Labute approximate surface area is 102 Å². The topological polar surface area (TPSA) is 70.1 Å². The van der Waals surface area contributed by atoms with Gasteiger partial charge in [0.25, 0.3) is 0 Å². The van der Waals surface area contributed by atoms with Crippen molar-refractivity contribution in [3.63, 3.8) is 0 Å². The van der Waals surface area contributed by atoms with Gasteiger partial charge in [0.1, 0.15) is 11.6 Å². The number of amidine groups is 1. The number of aryl methyl sites for hydroxylation is 1. The molecule has 0 aliphatic rings. The summed E-state index contributed by atoms with van der Waals surface area (Å²) in [5, 5.41) is 19.1. The van der Waals surface area contributed by atoms with Gasteiger partial charge < -0.3 is 10.8 Å². The molecule has 0 heterocycles. The second kappa shape index (κ2) is 4.72. The highest BCUT2D eigenvalue weighted by molar-refractivity contribution is 7.16. The number of rotatable bonds is 3. The van der Waals surface area contributed by atoms with E-state index in [9.17, 15) is 5.11 Å². The molecule has 0 radical (unpaired) electrons. The Morgan fingerprint density at radius 3 is 2.71 bits per heavy atom. The Morgan fingerprint density at radius 2 is 2.06 bits per heavy atom. The van der Waals surface area contributed by atoms with E-state index in [0.717, 1.165) is 34.5 Å². The lowest BCUT2D eigenvalue weighted by Crippen LogP contribution is -2.11. The third-order valence-corrected chi connectivity index (χ3v) is 3.04. The molecule has 2 rings (SSSR count). The fourth-order valence-corrected chi connectivity index (χ4v) is 2.25. The number of aromatic hydroxyl groups is 1. The van der Waals surface area contributed by atoms with Crippen LogP contribution in [0.5, 0.6) is 5.75 Å². The number of phenolic OH excluding ortho intramolecular Hbond substituents is 1. The van der Waals surface area contributed by atoms with Crippen molar-refractivity contribution < 1.29 is 5.11 Å². The monoisotopic (exact) mass is 246 g/mol. The molecule has 17 heavy (non-hydrogen) atoms. The molecule has 0 amide bonds. The number of nitrogen functional groups attached to an aromatic ring is 1. The number of benzene rings is 2. The Bertz CT molecular complexity index is 581. The summed E-state index contributed by atoms with van der Waals surface area (Å²) >= 11 is 0. The van der Waals surface area contributed by atoms with Crippen LogP contribution >= 0.6 is 9.24 Å². The molecule has 0 aliphatic carbocycles. The minimum atomic E-state index is 0.0741. The SMILES string of the molecule is N=C(N)c1cc(CCP)c2cc(O)ccc2c1. The molecule has 0 fully saturated rings. The van der Waals surface area contributed by atoms with E-state index in [2.05, 4.69) is 9.24 Å². The maximum Gasteiger partial charge on any atom is 0.122 e. The van der Waals surface area contributed by atoms with Crippen LogP contribution < -0.4 is 5.73 Å². The number of nitrogens with one attached hydrogen (secondary N) is 1. The van der Waals surface area contributed by atoms with Crippen LogP contribution in [0.1, 0.15) is 11.1 Å². The van der Waals surface area contributed by atoms with Gasteiger partial charge in [0, 0.05) is 5.56 Å². The predicted molar refractivity (Wildman–Crippen MR) is 74.9 cm³/mol. The molecular weight excluding hydrogens is 231 g/mol. The standard InChI is InChI=1S/C13H15N2OP/c14-13(15)10-5-8-1-2-11(16)7-12(8)9(6-10)3-4-17/h1-2,5-7,16H,3-4,17H2,(H3,14,15). The smallest absolute Gasteiger partial charge is 0.122 e. The first kappa shape index (κ1) is 11.9. The van der Waals surface area contributed by atoms with Gasteiger partial charge in [-0.15, -0.1) is 9.24 Å². The van der Waals surface area contributed by atoms with Gasteiger partial charge in [0.15, 0.2) is 0 Å². The van der Waals surface area contributed by atoms with E-state index in [-0.39, 0.29) is 11.6 Å². The molecular formula is C13H15N2OP. The summed E-state index contributed by atoms with van der Waals surface area (Å²) in [6.07, 6.45) is 1.82. The lowest BCUT2D eigenvalue weighted by atomic mass is 9.98. The second-order valence-electron chi connectivity index (χ2n) is 3.99. The molecule has 0 saturated heterocycles. The van der Waals surface area contributed by atoms with Crippen molar-refractivity contribution in [3.05, 3.63) is 41.5 Å². The molecule has 4 heteroatoms. The average molecular weight is 246 g/mol. The Morgan fingerprint density at radius 1 is 1.29 bits per heavy atom. The van der Waals surface area contributed by atoms with Crippen molar-refractivity contribution in [3.8, 4) is 5.75 Å². The van der Waals surface area contributed by atoms with Crippen molar-refractivity contribution >= 4 is 25.8 Å². The van der Waals surface area contributed by atoms with Gasteiger partial charge in [-0.25, -0.2) is 0 Å². The molecule has 0 saturated carbocycles. The molecule has 0 aromatic heterocycles. The van der Waals surface area contributed by atoms with E-state index in [0.29, 0.717) is 0 Å². The maximum absolute atomic E-state index is 9.53. The molecule has 0 spiro atoms. The summed E-state index contributed by atoms with van der Waals surface area (Å²) in [5.74, 6) is 0.336. The van der Waals surface area contributed by atoms with Crippen LogP contribution in [0.2, 0.25) is 0 Å². The minimum absolute atomic E-state index is 0.0741. The summed E-state index contributed by atoms with van der Waals surface area (Å²) in [4.78, 5) is 0. The highest BCUT2D eigenvalue weighted by Gasteiger charge is 2.06. The molecule has 1 atom stereocenters. The van der Waals surface area contributed by atoms with Crippen LogP contribution in [0, 0.1) is 5.41 Å². The normalized spacial score (nSPS) is 10.6. The largest absolute Gasteiger partial charge is 0.508 e. The van der Waals surface area contributed by atoms with E-state index in [4.69, 9.17) is 11.1 Å².